The molecule has 5 unspecified atom stereocenters. The van der Waals surface area contributed by atoms with Crippen molar-refractivity contribution in [2.24, 2.45) is 10.8 Å². The van der Waals surface area contributed by atoms with Crippen LogP contribution in [0, 0.1) is 10.8 Å². The molecule has 5 aliphatic carbocycles. The van der Waals surface area contributed by atoms with E-state index < -0.39 is 11.2 Å². The van der Waals surface area contributed by atoms with E-state index in [1.807, 2.05) is 23.1 Å². The van der Waals surface area contributed by atoms with Crippen LogP contribution < -0.4 is 10.6 Å². The highest BCUT2D eigenvalue weighted by molar-refractivity contribution is 5.82. The zero-order valence-corrected chi connectivity index (χ0v) is 19.1. The minimum absolute atomic E-state index is 0.0376. The lowest BCUT2D eigenvalue weighted by molar-refractivity contribution is -0.169. The first-order valence-electron chi connectivity index (χ1n) is 12.2. The first-order valence-corrected chi connectivity index (χ1v) is 12.2. The smallest absolute Gasteiger partial charge is 0.315 e. The molecule has 0 spiro atoms. The van der Waals surface area contributed by atoms with Crippen molar-refractivity contribution in [1.29, 1.82) is 0 Å². The Balaban J connectivity index is 1.09. The predicted octanol–water partition coefficient (Wildman–Crippen LogP) is 4.28. The van der Waals surface area contributed by atoms with Crippen LogP contribution in [0.25, 0.3) is 0 Å². The topological polar surface area (TPSA) is 61.4 Å². The molecule has 1 aromatic rings. The van der Waals surface area contributed by atoms with Crippen molar-refractivity contribution < 1.29 is 14.0 Å². The van der Waals surface area contributed by atoms with E-state index in [0.717, 1.165) is 25.7 Å². The van der Waals surface area contributed by atoms with Gasteiger partial charge in [0, 0.05) is 36.9 Å². The molecule has 3 amide bonds. The highest BCUT2D eigenvalue weighted by Gasteiger charge is 2.66. The summed E-state index contributed by atoms with van der Waals surface area (Å²) < 4.78 is 15.6. The van der Waals surface area contributed by atoms with Crippen molar-refractivity contribution in [2.75, 3.05) is 6.54 Å². The van der Waals surface area contributed by atoms with E-state index in [2.05, 4.69) is 36.6 Å². The Kier molecular flexibility index (Phi) is 4.15. The van der Waals surface area contributed by atoms with E-state index in [4.69, 9.17) is 0 Å². The second kappa shape index (κ2) is 6.48. The lowest BCUT2D eigenvalue weighted by atomic mass is 9.42. The third-order valence-corrected chi connectivity index (χ3v) is 8.78. The van der Waals surface area contributed by atoms with Gasteiger partial charge in [-0.05, 0) is 54.9 Å². The second-order valence-corrected chi connectivity index (χ2v) is 12.5. The SMILES string of the molecule is CC12CC3(C)CC(F)(C1)CC(NC(=O)NC1CC(=O)N(C4CC4c4ccccc4)C1)(C2)C3. The van der Waals surface area contributed by atoms with E-state index in [1.54, 1.807) is 0 Å². The molecular weight excluding hydrogens is 405 g/mol. The number of amides is 3. The fraction of sp³-hybridized carbons (Fsp3) is 0.692. The molecule has 5 saturated carbocycles. The zero-order valence-electron chi connectivity index (χ0n) is 19.1. The summed E-state index contributed by atoms with van der Waals surface area (Å²) in [5.74, 6) is 0.526. The quantitative estimate of drug-likeness (QED) is 0.736. The molecule has 5 atom stereocenters. The largest absolute Gasteiger partial charge is 0.337 e. The lowest BCUT2D eigenvalue weighted by Crippen LogP contribution is -2.70. The molecule has 1 aromatic carbocycles. The molecular formula is C26H34FN3O2. The Morgan fingerprint density at radius 3 is 2.38 bits per heavy atom. The van der Waals surface area contributed by atoms with Gasteiger partial charge in [0.05, 0.1) is 6.04 Å². The molecule has 7 rings (SSSR count). The van der Waals surface area contributed by atoms with E-state index in [9.17, 15) is 9.59 Å². The Morgan fingerprint density at radius 2 is 1.72 bits per heavy atom. The number of hydrogen-bond acceptors (Lipinski definition) is 2. The van der Waals surface area contributed by atoms with E-state index in [1.165, 1.54) is 5.56 Å². The van der Waals surface area contributed by atoms with Crippen molar-refractivity contribution in [3.05, 3.63) is 35.9 Å². The van der Waals surface area contributed by atoms with E-state index in [0.29, 0.717) is 38.1 Å². The number of carbonyl (C=O) groups is 2. The van der Waals surface area contributed by atoms with Gasteiger partial charge >= 0.3 is 6.03 Å². The van der Waals surface area contributed by atoms with Crippen molar-refractivity contribution >= 4 is 11.9 Å². The van der Waals surface area contributed by atoms with Gasteiger partial charge < -0.3 is 15.5 Å². The summed E-state index contributed by atoms with van der Waals surface area (Å²) in [6, 6.07) is 10.2. The number of halogens is 1. The summed E-state index contributed by atoms with van der Waals surface area (Å²) in [4.78, 5) is 27.6. The number of carbonyl (C=O) groups excluding carboxylic acids is 2. The fourth-order valence-electron chi connectivity index (χ4n) is 8.88. The Labute approximate surface area is 189 Å². The Bertz CT molecular complexity index is 912. The van der Waals surface area contributed by atoms with E-state index >= 15 is 4.39 Å². The minimum atomic E-state index is -1.16. The maximum atomic E-state index is 15.6. The summed E-state index contributed by atoms with van der Waals surface area (Å²) in [5.41, 5.74) is -0.421. The molecule has 5 nitrogen and oxygen atoms in total. The number of hydrogen-bond donors (Lipinski definition) is 2. The van der Waals surface area contributed by atoms with Gasteiger partial charge in [-0.15, -0.1) is 0 Å². The highest BCUT2D eigenvalue weighted by atomic mass is 19.1. The lowest BCUT2D eigenvalue weighted by Gasteiger charge is -2.67. The van der Waals surface area contributed by atoms with Gasteiger partial charge in [-0.25, -0.2) is 9.18 Å². The first-order chi connectivity index (χ1) is 15.1. The third-order valence-electron chi connectivity index (χ3n) is 8.78. The average molecular weight is 440 g/mol. The molecule has 2 N–H and O–H groups in total. The number of nitrogens with zero attached hydrogens (tertiary/aromatic N) is 1. The van der Waals surface area contributed by atoms with Crippen LogP contribution >= 0.6 is 0 Å². The van der Waals surface area contributed by atoms with Crippen LogP contribution in [0.2, 0.25) is 0 Å². The molecule has 1 saturated heterocycles. The van der Waals surface area contributed by atoms with Gasteiger partial charge in [-0.3, -0.25) is 4.79 Å². The molecule has 4 bridgehead atoms. The molecule has 1 aliphatic heterocycles. The maximum absolute atomic E-state index is 15.6. The molecule has 0 aromatic heterocycles. The number of benzene rings is 1. The summed E-state index contributed by atoms with van der Waals surface area (Å²) in [6.07, 6.45) is 5.76. The van der Waals surface area contributed by atoms with Crippen LogP contribution in [-0.4, -0.2) is 46.7 Å². The average Bonchev–Trinajstić information content (AvgIpc) is 3.35. The van der Waals surface area contributed by atoms with Crippen LogP contribution in [0.5, 0.6) is 0 Å². The van der Waals surface area contributed by atoms with Crippen LogP contribution in [-0.2, 0) is 4.79 Å². The van der Waals surface area contributed by atoms with Crippen molar-refractivity contribution in [1.82, 2.24) is 15.5 Å². The number of urea groups is 1. The monoisotopic (exact) mass is 439 g/mol. The molecule has 6 aliphatic rings. The summed E-state index contributed by atoms with van der Waals surface area (Å²) in [6.45, 7) is 4.95. The van der Waals surface area contributed by atoms with Crippen LogP contribution in [0.1, 0.15) is 76.7 Å². The summed E-state index contributed by atoms with van der Waals surface area (Å²) in [7, 11) is 0. The minimum Gasteiger partial charge on any atom is -0.337 e. The number of alkyl halides is 1. The molecule has 6 heteroatoms. The Hall–Kier alpha value is -2.11. The number of likely N-dealkylation sites (tertiary alicyclic amines) is 1. The van der Waals surface area contributed by atoms with E-state index in [-0.39, 0.29) is 34.9 Å². The molecule has 32 heavy (non-hydrogen) atoms. The Morgan fingerprint density at radius 1 is 1.03 bits per heavy atom. The molecule has 1 heterocycles. The normalized spacial score (nSPS) is 46.4. The van der Waals surface area contributed by atoms with Gasteiger partial charge in [0.25, 0.3) is 0 Å². The fourth-order valence-corrected chi connectivity index (χ4v) is 8.88. The zero-order chi connectivity index (χ0) is 22.4. The molecule has 172 valence electrons. The second-order valence-electron chi connectivity index (χ2n) is 12.5. The predicted molar refractivity (Wildman–Crippen MR) is 120 cm³/mol. The van der Waals surface area contributed by atoms with Gasteiger partial charge in [0.2, 0.25) is 5.91 Å². The molecule has 6 fully saturated rings. The van der Waals surface area contributed by atoms with Crippen molar-refractivity contribution in [3.63, 3.8) is 0 Å². The first kappa shape index (κ1) is 20.5. The van der Waals surface area contributed by atoms with Gasteiger partial charge in [-0.1, -0.05) is 44.2 Å². The van der Waals surface area contributed by atoms with Crippen LogP contribution in [0.4, 0.5) is 9.18 Å². The number of nitrogens with one attached hydrogen (secondary N) is 2. The molecule has 0 radical (unpaired) electrons. The van der Waals surface area contributed by atoms with Crippen LogP contribution in [0.3, 0.4) is 0 Å². The van der Waals surface area contributed by atoms with Gasteiger partial charge in [0.1, 0.15) is 5.67 Å². The highest BCUT2D eigenvalue weighted by Crippen LogP contribution is 2.68. The van der Waals surface area contributed by atoms with Gasteiger partial charge in [-0.2, -0.15) is 0 Å². The van der Waals surface area contributed by atoms with Crippen molar-refractivity contribution in [2.45, 2.75) is 94.4 Å². The standard InChI is InChI=1S/C26H34FN3O2/c1-23-11-24(2)13-25(27,12-23)16-26(14-23,15-24)29-22(32)28-18-8-21(31)30(10-18)20-9-19(20)17-6-4-3-5-7-17/h3-7,18-20H,8-16H2,1-2H3,(H2,28,29,32). The van der Waals surface area contributed by atoms with Gasteiger partial charge in [0.15, 0.2) is 0 Å². The summed E-state index contributed by atoms with van der Waals surface area (Å²) >= 11 is 0. The number of rotatable bonds is 4. The maximum Gasteiger partial charge on any atom is 0.315 e. The van der Waals surface area contributed by atoms with Crippen molar-refractivity contribution in [3.8, 4) is 0 Å². The summed E-state index contributed by atoms with van der Waals surface area (Å²) in [5, 5.41) is 6.27. The third kappa shape index (κ3) is 3.41. The van der Waals surface area contributed by atoms with Crippen LogP contribution in [0.15, 0.2) is 30.3 Å².